The highest BCUT2D eigenvalue weighted by molar-refractivity contribution is 9.10. The van der Waals surface area contributed by atoms with E-state index in [9.17, 15) is 28.8 Å². The van der Waals surface area contributed by atoms with Crippen molar-refractivity contribution in [3.63, 3.8) is 0 Å². The van der Waals surface area contributed by atoms with E-state index in [0.717, 1.165) is 48.6 Å². The number of hydrogen-bond acceptors (Lipinski definition) is 17. The summed E-state index contributed by atoms with van der Waals surface area (Å²) < 4.78 is 24.1. The Labute approximate surface area is 480 Å². The number of para-hydroxylation sites is 9. The number of carbonyl (C=O) groups is 1. The highest BCUT2D eigenvalue weighted by Crippen LogP contribution is 2.35. The Bertz CT molecular complexity index is 4970. The van der Waals surface area contributed by atoms with E-state index in [1.165, 1.54) is 49.4 Å². The molecule has 19 heteroatoms. The standard InChI is InChI=1S/C14H10N2O3.C13H8BrNOS.C13H9NO2.C12H8N2O2.C12H7NO2/c1-8(17)15-10-6-11-14(7-12(10)18)19-13-5-3-2-4-9(13)16-11;1-7-6-9-13(11(14)12(7)16)17-10-5-3-2-4-8(10)15-9;1-8-6-10-13(7-11(8)15)16-12-5-3-2-4-9(12)14-10;13-7-5-9-12(6-10(7)15)16-11-4-2-1-3-8(11)14-9;14-8-5-6-10-12(7-8)15-11-4-2-1-3-9(11)13-10/h2-7H,1H3,(H,15,17);2-6H,1H3;2-7H,1H3;1-6H,13H2;1-7H. The molecule has 5 aromatic carbocycles. The highest BCUT2D eigenvalue weighted by atomic mass is 79.9. The number of aromatic nitrogens is 5. The van der Waals surface area contributed by atoms with Crippen molar-refractivity contribution in [3.05, 3.63) is 249 Å². The molecule has 0 fully saturated rings. The number of fused-ring (bicyclic) bond motifs is 10. The summed E-state index contributed by atoms with van der Waals surface area (Å²) >= 11 is 4.97. The van der Waals surface area contributed by atoms with Gasteiger partial charge >= 0.3 is 0 Å². The summed E-state index contributed by atoms with van der Waals surface area (Å²) in [6.45, 7) is 4.94. The Morgan fingerprint density at radius 2 is 0.880 bits per heavy atom. The zero-order chi connectivity index (χ0) is 57.9. The van der Waals surface area contributed by atoms with Gasteiger partial charge in [-0.1, -0.05) is 60.7 Å². The van der Waals surface area contributed by atoms with E-state index in [1.54, 1.807) is 36.5 Å². The zero-order valence-corrected chi connectivity index (χ0v) is 46.4. The third-order valence-corrected chi connectivity index (χ3v) is 14.8. The average molecular weight is 1180 g/mol. The number of halogens is 1. The Morgan fingerprint density at radius 1 is 0.458 bits per heavy atom. The molecule has 10 aliphatic rings. The molecule has 0 saturated heterocycles. The van der Waals surface area contributed by atoms with Crippen LogP contribution in [0.1, 0.15) is 18.1 Å². The number of hydrogen-bond donors (Lipinski definition) is 2. The lowest BCUT2D eigenvalue weighted by Crippen LogP contribution is -2.15. The minimum atomic E-state index is -0.302. The van der Waals surface area contributed by atoms with Crippen LogP contribution in [-0.4, -0.2) is 30.8 Å². The topological polar surface area (TPSA) is 257 Å². The summed E-state index contributed by atoms with van der Waals surface area (Å²) in [5, 5.41) is 2.48. The third kappa shape index (κ3) is 12.0. The van der Waals surface area contributed by atoms with E-state index in [-0.39, 0.29) is 44.4 Å². The fraction of sp³-hybridized carbons (Fsp3) is 0.0469. The van der Waals surface area contributed by atoms with Gasteiger partial charge in [0.15, 0.2) is 61.7 Å². The quantitative estimate of drug-likeness (QED) is 0.114. The van der Waals surface area contributed by atoms with Gasteiger partial charge in [0.1, 0.15) is 44.8 Å². The molecule has 5 aliphatic heterocycles. The lowest BCUT2D eigenvalue weighted by Gasteiger charge is -2.08. The number of benzene rings is 10. The molecule has 0 saturated carbocycles. The van der Waals surface area contributed by atoms with Gasteiger partial charge in [-0.25, -0.2) is 24.9 Å². The maximum absolute atomic E-state index is 11.9. The van der Waals surface area contributed by atoms with Crippen LogP contribution in [0.3, 0.4) is 0 Å². The summed E-state index contributed by atoms with van der Waals surface area (Å²) in [5.41, 5.74) is 16.8. The van der Waals surface area contributed by atoms with Crippen LogP contribution < -0.4 is 38.2 Å². The molecule has 0 spiro atoms. The molecule has 0 aromatic heterocycles. The number of rotatable bonds is 1. The van der Waals surface area contributed by atoms with Crippen molar-refractivity contribution in [1.82, 2.24) is 24.9 Å². The SMILES string of the molecule is CC(=O)Nc1cc2nc3ccccc3oc-2cc1=O.Cc1cc2nc3ccccc3oc-2cc1=O.Cc1cc2nc3ccccc3sc-2c(Br)c1=O.Nc1cc2nc3ccccc3oc-2cc1=O.O=c1ccc2nc3ccccc3oc-2c1. The normalized spacial score (nSPS) is 11.0. The van der Waals surface area contributed by atoms with Crippen LogP contribution in [0.4, 0.5) is 11.4 Å². The number of nitrogens with zero attached hydrogens (tertiary/aromatic N) is 5. The van der Waals surface area contributed by atoms with Gasteiger partial charge in [-0.3, -0.25) is 28.8 Å². The first-order chi connectivity index (χ1) is 40.1. The van der Waals surface area contributed by atoms with Crippen molar-refractivity contribution in [3.8, 4) is 56.4 Å². The van der Waals surface area contributed by atoms with Crippen molar-refractivity contribution in [1.29, 1.82) is 0 Å². The van der Waals surface area contributed by atoms with Gasteiger partial charge in [0.05, 0.1) is 36.6 Å². The summed E-state index contributed by atoms with van der Waals surface area (Å²) in [7, 11) is 0. The number of nitrogens with two attached hydrogens (primary N) is 1. The van der Waals surface area contributed by atoms with Crippen LogP contribution >= 0.6 is 27.3 Å². The Morgan fingerprint density at radius 3 is 1.42 bits per heavy atom. The largest absolute Gasteiger partial charge is 0.453 e. The minimum Gasteiger partial charge on any atom is -0.453 e. The van der Waals surface area contributed by atoms with Crippen molar-refractivity contribution in [2.24, 2.45) is 0 Å². The monoisotopic (exact) mass is 1180 g/mol. The molecule has 15 rings (SSSR count). The molecule has 17 nitrogen and oxygen atoms in total. The van der Waals surface area contributed by atoms with E-state index in [0.29, 0.717) is 78.0 Å². The first kappa shape index (κ1) is 54.3. The van der Waals surface area contributed by atoms with Crippen LogP contribution in [0.2, 0.25) is 0 Å². The number of nitrogen functional groups attached to an aromatic ring is 1. The molecule has 83 heavy (non-hydrogen) atoms. The molecular weight excluding hydrogens is 1140 g/mol. The smallest absolute Gasteiger partial charge is 0.221 e. The zero-order valence-electron chi connectivity index (χ0n) is 44.0. The fourth-order valence-corrected chi connectivity index (χ4v) is 10.3. The van der Waals surface area contributed by atoms with Crippen molar-refractivity contribution in [2.45, 2.75) is 20.8 Å². The second kappa shape index (κ2) is 23.2. The molecule has 0 bridgehead atoms. The molecular formula is C64H42BrN7O10S. The number of anilines is 2. The van der Waals surface area contributed by atoms with Crippen LogP contribution in [0.25, 0.3) is 111 Å². The predicted octanol–water partition coefficient (Wildman–Crippen LogP) is 12.9. The lowest BCUT2D eigenvalue weighted by atomic mass is 10.1. The molecule has 5 aromatic rings. The number of amides is 1. The molecule has 5 heterocycles. The van der Waals surface area contributed by atoms with Gasteiger partial charge in [-0.05, 0) is 138 Å². The van der Waals surface area contributed by atoms with Crippen LogP contribution in [-0.2, 0) is 4.79 Å². The average Bonchev–Trinajstić information content (AvgIpc) is 3.57. The van der Waals surface area contributed by atoms with Crippen LogP contribution in [0.15, 0.2) is 228 Å². The van der Waals surface area contributed by atoms with E-state index >= 15 is 0 Å². The van der Waals surface area contributed by atoms with Crippen molar-refractivity contribution >= 4 is 99.2 Å². The highest BCUT2D eigenvalue weighted by Gasteiger charge is 2.17. The number of nitrogens with one attached hydrogen (secondary N) is 1. The molecule has 0 unspecified atom stereocenters. The second-order valence-corrected chi connectivity index (χ2v) is 20.5. The van der Waals surface area contributed by atoms with Gasteiger partial charge in [0.25, 0.3) is 0 Å². The molecule has 1 amide bonds. The van der Waals surface area contributed by atoms with Crippen molar-refractivity contribution < 1.29 is 22.5 Å². The van der Waals surface area contributed by atoms with Gasteiger partial charge < -0.3 is 28.7 Å². The Balaban J connectivity index is 0.000000109. The molecule has 3 N–H and O–H groups in total. The number of aryl methyl sites for hydroxylation is 2. The van der Waals surface area contributed by atoms with E-state index in [1.807, 2.05) is 128 Å². The lowest BCUT2D eigenvalue weighted by molar-refractivity contribution is -0.114. The molecule has 5 aliphatic carbocycles. The van der Waals surface area contributed by atoms with Gasteiger partial charge in [-0.2, -0.15) is 0 Å². The summed E-state index contributed by atoms with van der Waals surface area (Å²) in [6, 6.07) is 53.1. The summed E-state index contributed by atoms with van der Waals surface area (Å²) in [4.78, 5) is 91.7. The van der Waals surface area contributed by atoms with E-state index < -0.39 is 0 Å². The molecule has 406 valence electrons. The summed E-state index contributed by atoms with van der Waals surface area (Å²) in [5.74, 6) is 1.63. The van der Waals surface area contributed by atoms with Crippen molar-refractivity contribution in [2.75, 3.05) is 11.1 Å². The van der Waals surface area contributed by atoms with Crippen LogP contribution in [0, 0.1) is 13.8 Å². The van der Waals surface area contributed by atoms with E-state index in [4.69, 9.17) is 23.4 Å². The fourth-order valence-electron chi connectivity index (χ4n) is 8.55. The summed E-state index contributed by atoms with van der Waals surface area (Å²) in [6.07, 6.45) is 0. The maximum atomic E-state index is 11.9. The number of carbonyl (C=O) groups excluding carboxylic acids is 1. The first-order valence-electron chi connectivity index (χ1n) is 25.4. The molecule has 0 atom stereocenters. The maximum Gasteiger partial charge on any atom is 0.221 e. The van der Waals surface area contributed by atoms with Crippen LogP contribution in [0.5, 0.6) is 0 Å². The Kier molecular flexibility index (Phi) is 15.2. The van der Waals surface area contributed by atoms with E-state index in [2.05, 4.69) is 46.2 Å². The van der Waals surface area contributed by atoms with Gasteiger partial charge in [0.2, 0.25) is 16.8 Å². The van der Waals surface area contributed by atoms with Gasteiger partial charge in [-0.15, -0.1) is 11.3 Å². The predicted molar refractivity (Wildman–Crippen MR) is 326 cm³/mol. The minimum absolute atomic E-state index is 0.0201. The molecule has 0 radical (unpaired) electrons. The first-order valence-corrected chi connectivity index (χ1v) is 27.0. The Hall–Kier alpha value is -10.6. The third-order valence-electron chi connectivity index (χ3n) is 12.6. The second-order valence-electron chi connectivity index (χ2n) is 18.7. The van der Waals surface area contributed by atoms with Gasteiger partial charge in [0, 0.05) is 31.2 Å².